The van der Waals surface area contributed by atoms with Crippen molar-refractivity contribution in [2.75, 3.05) is 6.61 Å². The van der Waals surface area contributed by atoms with Crippen LogP contribution in [-0.2, 0) is 4.74 Å². The lowest BCUT2D eigenvalue weighted by Crippen LogP contribution is -2.05. The lowest BCUT2D eigenvalue weighted by molar-refractivity contribution is 0.0544. The number of benzene rings is 1. The molecule has 0 atom stereocenters. The molecule has 3 aromatic rings. The highest BCUT2D eigenvalue weighted by molar-refractivity contribution is 5.88. The number of carbonyl (C=O) groups is 1. The van der Waals surface area contributed by atoms with E-state index in [0.717, 1.165) is 16.9 Å². The van der Waals surface area contributed by atoms with Gasteiger partial charge in [-0.15, -0.1) is 0 Å². The van der Waals surface area contributed by atoms with Gasteiger partial charge in [0.05, 0.1) is 0 Å². The molecule has 0 N–H and O–H groups in total. The smallest absolute Gasteiger partial charge is 0.358 e. The van der Waals surface area contributed by atoms with Crippen LogP contribution in [0.1, 0.15) is 21.7 Å². The van der Waals surface area contributed by atoms with Crippen LogP contribution in [0.3, 0.4) is 0 Å². The predicted molar refractivity (Wildman–Crippen MR) is 85.7 cm³/mol. The summed E-state index contributed by atoms with van der Waals surface area (Å²) >= 11 is 0. The Balaban J connectivity index is 1.64. The molecule has 4 heteroatoms. The van der Waals surface area contributed by atoms with Gasteiger partial charge < -0.3 is 9.14 Å². The first-order valence-electron chi connectivity index (χ1n) is 7.07. The fraction of sp³-hybridized carbons (Fsp3) is 0.111. The zero-order valence-corrected chi connectivity index (χ0v) is 12.3. The van der Waals surface area contributed by atoms with Gasteiger partial charge in [-0.2, -0.15) is 0 Å². The zero-order chi connectivity index (χ0) is 15.4. The number of fused-ring (bicyclic) bond motifs is 1. The molecule has 22 heavy (non-hydrogen) atoms. The van der Waals surface area contributed by atoms with Crippen LogP contribution in [0.15, 0.2) is 60.8 Å². The van der Waals surface area contributed by atoms with E-state index in [0.29, 0.717) is 5.69 Å². The molecule has 0 spiro atoms. The molecule has 3 rings (SSSR count). The average molecular weight is 292 g/mol. The van der Waals surface area contributed by atoms with Gasteiger partial charge in [-0.25, -0.2) is 9.78 Å². The second-order valence-electron chi connectivity index (χ2n) is 4.93. The van der Waals surface area contributed by atoms with E-state index < -0.39 is 5.97 Å². The summed E-state index contributed by atoms with van der Waals surface area (Å²) in [4.78, 5) is 16.3. The third-order valence-electron chi connectivity index (χ3n) is 3.33. The van der Waals surface area contributed by atoms with Crippen molar-refractivity contribution >= 4 is 17.7 Å². The van der Waals surface area contributed by atoms with E-state index in [1.54, 1.807) is 6.20 Å². The number of aromatic nitrogens is 2. The van der Waals surface area contributed by atoms with Crippen molar-refractivity contribution in [3.63, 3.8) is 0 Å². The number of rotatable bonds is 4. The van der Waals surface area contributed by atoms with Crippen molar-refractivity contribution in [2.24, 2.45) is 0 Å². The van der Waals surface area contributed by atoms with Gasteiger partial charge >= 0.3 is 5.97 Å². The number of carbonyl (C=O) groups excluding carboxylic acids is 1. The summed E-state index contributed by atoms with van der Waals surface area (Å²) in [5, 5.41) is 0. The quantitative estimate of drug-likeness (QED) is 0.691. The standard InChI is InChI=1S/C18H16N2O2/c1-14-7-5-11-17-19-16(13-20(14)17)18(21)22-12-6-10-15-8-3-2-4-9-15/h2-11,13H,12H2,1H3. The minimum Gasteiger partial charge on any atom is -0.457 e. The lowest BCUT2D eigenvalue weighted by atomic mass is 10.2. The molecule has 0 aliphatic heterocycles. The first kappa shape index (κ1) is 14.1. The number of hydrogen-bond acceptors (Lipinski definition) is 3. The molecule has 0 radical (unpaired) electrons. The topological polar surface area (TPSA) is 43.6 Å². The van der Waals surface area contributed by atoms with Crippen LogP contribution in [-0.4, -0.2) is 22.0 Å². The van der Waals surface area contributed by atoms with Gasteiger partial charge in [-0.3, -0.25) is 0 Å². The van der Waals surface area contributed by atoms with E-state index in [-0.39, 0.29) is 6.61 Å². The maximum atomic E-state index is 12.0. The van der Waals surface area contributed by atoms with Crippen molar-refractivity contribution in [2.45, 2.75) is 6.92 Å². The Bertz CT molecular complexity index is 819. The van der Waals surface area contributed by atoms with Crippen LogP contribution < -0.4 is 0 Å². The fourth-order valence-electron chi connectivity index (χ4n) is 2.19. The maximum Gasteiger partial charge on any atom is 0.358 e. The largest absolute Gasteiger partial charge is 0.457 e. The van der Waals surface area contributed by atoms with Crippen LogP contribution in [0.5, 0.6) is 0 Å². The monoisotopic (exact) mass is 292 g/mol. The molecule has 2 heterocycles. The molecule has 0 unspecified atom stereocenters. The number of aryl methyl sites for hydroxylation is 1. The Hall–Kier alpha value is -2.88. The first-order valence-corrected chi connectivity index (χ1v) is 7.07. The van der Waals surface area contributed by atoms with Crippen LogP contribution in [0.25, 0.3) is 11.7 Å². The normalized spacial score (nSPS) is 11.1. The molecule has 0 bridgehead atoms. The summed E-state index contributed by atoms with van der Waals surface area (Å²) in [6.07, 6.45) is 5.43. The van der Waals surface area contributed by atoms with E-state index in [4.69, 9.17) is 4.74 Å². The molecule has 110 valence electrons. The van der Waals surface area contributed by atoms with E-state index in [9.17, 15) is 4.79 Å². The van der Waals surface area contributed by atoms with Crippen LogP contribution in [0.4, 0.5) is 0 Å². The van der Waals surface area contributed by atoms with Crippen LogP contribution >= 0.6 is 0 Å². The van der Waals surface area contributed by atoms with Gasteiger partial charge in [-0.05, 0) is 30.7 Å². The van der Waals surface area contributed by atoms with E-state index in [1.807, 2.05) is 72.0 Å². The van der Waals surface area contributed by atoms with Crippen molar-refractivity contribution in [3.8, 4) is 0 Å². The Morgan fingerprint density at radius 2 is 2.00 bits per heavy atom. The second-order valence-corrected chi connectivity index (χ2v) is 4.93. The highest BCUT2D eigenvalue weighted by atomic mass is 16.5. The number of imidazole rings is 1. The van der Waals surface area contributed by atoms with Gasteiger partial charge in [0, 0.05) is 11.9 Å². The molecule has 0 saturated carbocycles. The van der Waals surface area contributed by atoms with Gasteiger partial charge in [0.25, 0.3) is 0 Å². The SMILES string of the molecule is Cc1cccc2nc(C(=O)OCC=Cc3ccccc3)cn12. The second kappa shape index (κ2) is 6.26. The first-order chi connectivity index (χ1) is 10.7. The summed E-state index contributed by atoms with van der Waals surface area (Å²) in [6.45, 7) is 2.19. The highest BCUT2D eigenvalue weighted by Crippen LogP contribution is 2.09. The highest BCUT2D eigenvalue weighted by Gasteiger charge is 2.12. The molecule has 0 aliphatic carbocycles. The Labute approximate surface area is 128 Å². The molecule has 0 amide bonds. The number of nitrogens with zero attached hydrogens (tertiary/aromatic N) is 2. The average Bonchev–Trinajstić information content (AvgIpc) is 2.98. The minimum atomic E-state index is -0.416. The molecule has 0 fully saturated rings. The molecule has 0 saturated heterocycles. The summed E-state index contributed by atoms with van der Waals surface area (Å²) in [7, 11) is 0. The fourth-order valence-corrected chi connectivity index (χ4v) is 2.19. The molecular formula is C18H16N2O2. The Morgan fingerprint density at radius 3 is 2.77 bits per heavy atom. The third-order valence-corrected chi connectivity index (χ3v) is 3.33. The summed E-state index contributed by atoms with van der Waals surface area (Å²) in [5.74, 6) is -0.416. The van der Waals surface area contributed by atoms with Crippen molar-refractivity contribution in [3.05, 3.63) is 77.8 Å². The maximum absolute atomic E-state index is 12.0. The van der Waals surface area contributed by atoms with E-state index in [2.05, 4.69) is 4.98 Å². The van der Waals surface area contributed by atoms with Crippen molar-refractivity contribution in [1.82, 2.24) is 9.38 Å². The van der Waals surface area contributed by atoms with Gasteiger partial charge in [0.1, 0.15) is 12.3 Å². The lowest BCUT2D eigenvalue weighted by Gasteiger charge is -1.98. The molecule has 0 aliphatic rings. The summed E-state index contributed by atoms with van der Waals surface area (Å²) in [6, 6.07) is 15.6. The van der Waals surface area contributed by atoms with Crippen LogP contribution in [0, 0.1) is 6.92 Å². The van der Waals surface area contributed by atoms with E-state index in [1.165, 1.54) is 0 Å². The number of hydrogen-bond donors (Lipinski definition) is 0. The van der Waals surface area contributed by atoms with Gasteiger partial charge in [-0.1, -0.05) is 42.5 Å². The van der Waals surface area contributed by atoms with Gasteiger partial charge in [0.2, 0.25) is 0 Å². The van der Waals surface area contributed by atoms with Gasteiger partial charge in [0.15, 0.2) is 5.69 Å². The number of ether oxygens (including phenoxy) is 1. The third kappa shape index (κ3) is 3.06. The number of esters is 1. The predicted octanol–water partition coefficient (Wildman–Crippen LogP) is 3.51. The Morgan fingerprint density at radius 1 is 1.18 bits per heavy atom. The number of pyridine rings is 1. The minimum absolute atomic E-state index is 0.223. The molecule has 4 nitrogen and oxygen atoms in total. The Kier molecular flexibility index (Phi) is 4.01. The molecular weight excluding hydrogens is 276 g/mol. The molecule has 2 aromatic heterocycles. The summed E-state index contributed by atoms with van der Waals surface area (Å²) < 4.78 is 7.09. The van der Waals surface area contributed by atoms with Crippen molar-refractivity contribution in [1.29, 1.82) is 0 Å². The van der Waals surface area contributed by atoms with Crippen molar-refractivity contribution < 1.29 is 9.53 Å². The van der Waals surface area contributed by atoms with E-state index >= 15 is 0 Å². The molecule has 1 aromatic carbocycles. The summed E-state index contributed by atoms with van der Waals surface area (Å²) in [5.41, 5.74) is 3.16. The zero-order valence-electron chi connectivity index (χ0n) is 12.3. The van der Waals surface area contributed by atoms with Crippen LogP contribution in [0.2, 0.25) is 0 Å².